The van der Waals surface area contributed by atoms with Crippen molar-refractivity contribution in [2.75, 3.05) is 13.2 Å². The van der Waals surface area contributed by atoms with E-state index < -0.39 is 12.0 Å². The van der Waals surface area contributed by atoms with Crippen LogP contribution in [0.4, 0.5) is 13.2 Å². The molecule has 0 fully saturated rings. The fraction of sp³-hybridized carbons (Fsp3) is 0.375. The van der Waals surface area contributed by atoms with Crippen LogP contribution in [0.15, 0.2) is 30.5 Å². The number of aromatic nitrogens is 2. The molecule has 0 atom stereocenters. The molecule has 0 radical (unpaired) electrons. The first-order valence-corrected chi connectivity index (χ1v) is 7.26. The van der Waals surface area contributed by atoms with E-state index in [-0.39, 0.29) is 0 Å². The summed E-state index contributed by atoms with van der Waals surface area (Å²) in [6, 6.07) is 7.77. The third-order valence-corrected chi connectivity index (χ3v) is 3.76. The van der Waals surface area contributed by atoms with Crippen LogP contribution in [0.3, 0.4) is 0 Å². The Balaban J connectivity index is 1.77. The van der Waals surface area contributed by atoms with Gasteiger partial charge in [-0.05, 0) is 13.0 Å². The second-order valence-electron chi connectivity index (χ2n) is 5.47. The maximum absolute atomic E-state index is 12.6. The van der Waals surface area contributed by atoms with Crippen molar-refractivity contribution >= 4 is 0 Å². The molecule has 1 aromatic carbocycles. The Hall–Kier alpha value is -2.15. The molecule has 0 N–H and O–H groups in total. The minimum Gasteiger partial charge on any atom is -0.492 e. The van der Waals surface area contributed by atoms with Crippen LogP contribution in [-0.4, -0.2) is 28.0 Å². The standard InChI is InChI=1S/C16H16F3N3O/c1-11-13(8-20-15(21-11)16(17,18)19)10-22-6-7-23-14-5-3-2-4-12(14)9-22/h2-5,8H,6-7,9-10H2,1H3. The molecule has 4 nitrogen and oxygen atoms in total. The van der Waals surface area contributed by atoms with E-state index in [0.29, 0.717) is 37.5 Å². The molecule has 1 aliphatic rings. The molecule has 0 aliphatic carbocycles. The molecule has 3 rings (SSSR count). The van der Waals surface area contributed by atoms with Gasteiger partial charge in [0.15, 0.2) is 0 Å². The van der Waals surface area contributed by atoms with Gasteiger partial charge in [0.05, 0.1) is 0 Å². The first-order valence-electron chi connectivity index (χ1n) is 7.26. The van der Waals surface area contributed by atoms with Crippen molar-refractivity contribution in [2.45, 2.75) is 26.2 Å². The van der Waals surface area contributed by atoms with Crippen molar-refractivity contribution in [1.82, 2.24) is 14.9 Å². The highest BCUT2D eigenvalue weighted by atomic mass is 19.4. The Morgan fingerprint density at radius 2 is 2.04 bits per heavy atom. The van der Waals surface area contributed by atoms with Gasteiger partial charge >= 0.3 is 6.18 Å². The van der Waals surface area contributed by atoms with Crippen LogP contribution in [0.25, 0.3) is 0 Å². The lowest BCUT2D eigenvalue weighted by atomic mass is 10.1. The number of ether oxygens (including phenoxy) is 1. The number of alkyl halides is 3. The lowest BCUT2D eigenvalue weighted by Gasteiger charge is -2.20. The minimum absolute atomic E-state index is 0.353. The molecule has 0 saturated heterocycles. The molecular formula is C16H16F3N3O. The minimum atomic E-state index is -4.52. The third-order valence-electron chi connectivity index (χ3n) is 3.76. The van der Waals surface area contributed by atoms with Crippen molar-refractivity contribution in [1.29, 1.82) is 0 Å². The van der Waals surface area contributed by atoms with Gasteiger partial charge in [-0.3, -0.25) is 4.90 Å². The highest BCUT2D eigenvalue weighted by molar-refractivity contribution is 5.34. The van der Waals surface area contributed by atoms with Gasteiger partial charge < -0.3 is 4.74 Å². The molecule has 0 unspecified atom stereocenters. The van der Waals surface area contributed by atoms with E-state index in [2.05, 4.69) is 14.9 Å². The molecule has 122 valence electrons. The quantitative estimate of drug-likeness (QED) is 0.851. The average molecular weight is 323 g/mol. The zero-order valence-electron chi connectivity index (χ0n) is 12.6. The molecule has 0 bridgehead atoms. The Bertz CT molecular complexity index is 703. The topological polar surface area (TPSA) is 38.2 Å². The number of aryl methyl sites for hydroxylation is 1. The van der Waals surface area contributed by atoms with E-state index in [4.69, 9.17) is 4.74 Å². The highest BCUT2D eigenvalue weighted by Gasteiger charge is 2.34. The highest BCUT2D eigenvalue weighted by Crippen LogP contribution is 2.27. The maximum Gasteiger partial charge on any atom is 0.451 e. The lowest BCUT2D eigenvalue weighted by molar-refractivity contribution is -0.145. The largest absolute Gasteiger partial charge is 0.492 e. The van der Waals surface area contributed by atoms with Gasteiger partial charge in [-0.15, -0.1) is 0 Å². The van der Waals surface area contributed by atoms with Crippen molar-refractivity contribution < 1.29 is 17.9 Å². The average Bonchev–Trinajstić information content (AvgIpc) is 2.70. The van der Waals surface area contributed by atoms with E-state index in [1.807, 2.05) is 24.3 Å². The van der Waals surface area contributed by atoms with Gasteiger partial charge in [0.2, 0.25) is 5.82 Å². The van der Waals surface area contributed by atoms with Crippen LogP contribution in [-0.2, 0) is 19.3 Å². The molecule has 0 amide bonds. The summed E-state index contributed by atoms with van der Waals surface area (Å²) in [7, 11) is 0. The van der Waals surface area contributed by atoms with Crippen molar-refractivity contribution in [3.05, 3.63) is 53.1 Å². The predicted octanol–water partition coefficient (Wildman–Crippen LogP) is 3.20. The number of fused-ring (bicyclic) bond motifs is 1. The summed E-state index contributed by atoms with van der Waals surface area (Å²) in [6.07, 6.45) is -3.25. The van der Waals surface area contributed by atoms with Gasteiger partial charge in [-0.25, -0.2) is 9.97 Å². The predicted molar refractivity (Wildman–Crippen MR) is 77.8 cm³/mol. The molecule has 23 heavy (non-hydrogen) atoms. The van der Waals surface area contributed by atoms with Crippen molar-refractivity contribution in [2.24, 2.45) is 0 Å². The summed E-state index contributed by atoms with van der Waals surface area (Å²) in [5.74, 6) is -0.237. The van der Waals surface area contributed by atoms with Crippen LogP contribution in [0.1, 0.15) is 22.6 Å². The first-order chi connectivity index (χ1) is 10.9. The van der Waals surface area contributed by atoms with E-state index in [9.17, 15) is 13.2 Å². The summed E-state index contributed by atoms with van der Waals surface area (Å²) in [6.45, 7) is 3.97. The molecular weight excluding hydrogens is 307 g/mol. The van der Waals surface area contributed by atoms with E-state index in [1.165, 1.54) is 6.20 Å². The second kappa shape index (κ2) is 6.16. The number of rotatable bonds is 2. The summed E-state index contributed by atoms with van der Waals surface area (Å²) in [4.78, 5) is 9.15. The van der Waals surface area contributed by atoms with E-state index in [0.717, 1.165) is 11.3 Å². The first kappa shape index (κ1) is 15.7. The molecule has 7 heteroatoms. The van der Waals surface area contributed by atoms with E-state index >= 15 is 0 Å². The van der Waals surface area contributed by atoms with Crippen LogP contribution in [0, 0.1) is 6.92 Å². The Morgan fingerprint density at radius 3 is 2.78 bits per heavy atom. The molecule has 1 aromatic heterocycles. The third kappa shape index (κ3) is 3.61. The van der Waals surface area contributed by atoms with Crippen LogP contribution >= 0.6 is 0 Å². The SMILES string of the molecule is Cc1nc(C(F)(F)F)ncc1CN1CCOc2ccccc2C1. The Kier molecular flexibility index (Phi) is 4.21. The molecule has 0 saturated carbocycles. The number of para-hydroxylation sites is 1. The summed E-state index contributed by atoms with van der Waals surface area (Å²) in [5.41, 5.74) is 2.11. The van der Waals surface area contributed by atoms with Crippen LogP contribution < -0.4 is 4.74 Å². The second-order valence-corrected chi connectivity index (χ2v) is 5.47. The van der Waals surface area contributed by atoms with Crippen molar-refractivity contribution in [3.8, 4) is 5.75 Å². The molecule has 0 spiro atoms. The van der Waals surface area contributed by atoms with Gasteiger partial charge in [-0.2, -0.15) is 13.2 Å². The number of hydrogen-bond acceptors (Lipinski definition) is 4. The van der Waals surface area contributed by atoms with Gasteiger partial charge in [0, 0.05) is 42.7 Å². The Labute approximate surface area is 131 Å². The summed E-state index contributed by atoms with van der Waals surface area (Å²) < 4.78 is 43.6. The monoisotopic (exact) mass is 323 g/mol. The fourth-order valence-electron chi connectivity index (χ4n) is 2.54. The fourth-order valence-corrected chi connectivity index (χ4v) is 2.54. The molecule has 1 aliphatic heterocycles. The van der Waals surface area contributed by atoms with Crippen LogP contribution in [0.5, 0.6) is 5.75 Å². The van der Waals surface area contributed by atoms with Gasteiger partial charge in [0.1, 0.15) is 12.4 Å². The Morgan fingerprint density at radius 1 is 1.26 bits per heavy atom. The summed E-state index contributed by atoms with van der Waals surface area (Å²) >= 11 is 0. The van der Waals surface area contributed by atoms with Crippen molar-refractivity contribution in [3.63, 3.8) is 0 Å². The number of nitrogens with zero attached hydrogens (tertiary/aromatic N) is 3. The van der Waals surface area contributed by atoms with E-state index in [1.54, 1.807) is 6.92 Å². The zero-order chi connectivity index (χ0) is 16.4. The summed E-state index contributed by atoms with van der Waals surface area (Å²) in [5, 5.41) is 0. The number of hydrogen-bond donors (Lipinski definition) is 0. The van der Waals surface area contributed by atoms with Gasteiger partial charge in [-0.1, -0.05) is 18.2 Å². The number of halogens is 3. The van der Waals surface area contributed by atoms with Gasteiger partial charge in [0.25, 0.3) is 0 Å². The molecule has 2 aromatic rings. The smallest absolute Gasteiger partial charge is 0.451 e. The normalized spacial score (nSPS) is 15.7. The number of benzene rings is 1. The lowest BCUT2D eigenvalue weighted by Crippen LogP contribution is -2.26. The van der Waals surface area contributed by atoms with Crippen LogP contribution in [0.2, 0.25) is 0 Å². The maximum atomic E-state index is 12.6. The zero-order valence-corrected chi connectivity index (χ0v) is 12.6. The molecule has 2 heterocycles.